The summed E-state index contributed by atoms with van der Waals surface area (Å²) in [4.78, 5) is 35.5. The van der Waals surface area contributed by atoms with Crippen molar-refractivity contribution in [2.75, 3.05) is 52.4 Å². The van der Waals surface area contributed by atoms with E-state index in [2.05, 4.69) is 15.2 Å². The zero-order valence-electron chi connectivity index (χ0n) is 15.1. The molecule has 2 aliphatic rings. The van der Waals surface area contributed by atoms with Crippen LogP contribution in [0.5, 0.6) is 0 Å². The summed E-state index contributed by atoms with van der Waals surface area (Å²) in [5, 5.41) is 3.77. The van der Waals surface area contributed by atoms with Crippen LogP contribution in [0.2, 0.25) is 5.02 Å². The molecule has 2 aliphatic heterocycles. The van der Waals surface area contributed by atoms with E-state index < -0.39 is 0 Å². The van der Waals surface area contributed by atoms with Crippen LogP contribution in [-0.2, 0) is 6.54 Å². The van der Waals surface area contributed by atoms with Crippen LogP contribution >= 0.6 is 11.6 Å². The highest BCUT2D eigenvalue weighted by molar-refractivity contribution is 6.30. The van der Waals surface area contributed by atoms with Gasteiger partial charge in [-0.05, 0) is 12.1 Å². The topological polar surface area (TPSA) is 73.2 Å². The van der Waals surface area contributed by atoms with Gasteiger partial charge in [0.1, 0.15) is 5.65 Å². The minimum absolute atomic E-state index is 0.134. The van der Waals surface area contributed by atoms with Crippen molar-refractivity contribution in [3.05, 3.63) is 45.5 Å². The Hall–Kier alpha value is -2.16. The monoisotopic (exact) mass is 390 g/mol. The smallest absolute Gasteiger partial charge is 0.320 e. The average Bonchev–Trinajstić information content (AvgIpc) is 2.69. The Balaban J connectivity index is 1.38. The van der Waals surface area contributed by atoms with Gasteiger partial charge < -0.3 is 15.1 Å². The third kappa shape index (κ3) is 4.07. The summed E-state index contributed by atoms with van der Waals surface area (Å²) in [6.45, 7) is 6.82. The normalized spacial score (nSPS) is 18.9. The van der Waals surface area contributed by atoms with Crippen molar-refractivity contribution < 1.29 is 4.79 Å². The second kappa shape index (κ2) is 7.84. The number of halogens is 1. The molecule has 0 aromatic carbocycles. The van der Waals surface area contributed by atoms with Crippen LogP contribution in [0, 0.1) is 0 Å². The van der Waals surface area contributed by atoms with Crippen LogP contribution in [0.1, 0.15) is 5.69 Å². The second-order valence-corrected chi connectivity index (χ2v) is 7.38. The lowest BCUT2D eigenvalue weighted by molar-refractivity contribution is 0.106. The van der Waals surface area contributed by atoms with Crippen molar-refractivity contribution in [1.82, 2.24) is 29.4 Å². The molecule has 9 heteroatoms. The van der Waals surface area contributed by atoms with E-state index in [9.17, 15) is 9.59 Å². The van der Waals surface area contributed by atoms with Crippen LogP contribution in [-0.4, -0.2) is 82.5 Å². The number of rotatable bonds is 2. The first-order chi connectivity index (χ1) is 13.1. The Morgan fingerprint density at radius 3 is 2.52 bits per heavy atom. The quantitative estimate of drug-likeness (QED) is 0.808. The van der Waals surface area contributed by atoms with E-state index in [1.165, 1.54) is 4.40 Å². The van der Waals surface area contributed by atoms with E-state index in [-0.39, 0.29) is 11.6 Å². The first-order valence-electron chi connectivity index (χ1n) is 9.25. The number of pyridine rings is 1. The molecule has 8 nitrogen and oxygen atoms in total. The lowest BCUT2D eigenvalue weighted by Crippen LogP contribution is -2.56. The fourth-order valence-electron chi connectivity index (χ4n) is 3.59. The molecule has 1 N–H and O–H groups in total. The van der Waals surface area contributed by atoms with Crippen LogP contribution in [0.3, 0.4) is 0 Å². The van der Waals surface area contributed by atoms with E-state index in [1.807, 2.05) is 9.80 Å². The predicted octanol–water partition coefficient (Wildman–Crippen LogP) is 0.491. The highest BCUT2D eigenvalue weighted by atomic mass is 35.5. The molecule has 0 spiro atoms. The number of nitrogens with zero attached hydrogens (tertiary/aromatic N) is 5. The Morgan fingerprint density at radius 1 is 1.07 bits per heavy atom. The molecule has 0 saturated carbocycles. The molecule has 0 bridgehead atoms. The molecule has 0 atom stereocenters. The van der Waals surface area contributed by atoms with Gasteiger partial charge in [-0.2, -0.15) is 0 Å². The maximum Gasteiger partial charge on any atom is 0.320 e. The van der Waals surface area contributed by atoms with Gasteiger partial charge in [-0.15, -0.1) is 0 Å². The number of hydrogen-bond donors (Lipinski definition) is 1. The molecule has 2 aromatic rings. The van der Waals surface area contributed by atoms with Crippen molar-refractivity contribution in [2.45, 2.75) is 6.54 Å². The fourth-order valence-corrected chi connectivity index (χ4v) is 3.75. The summed E-state index contributed by atoms with van der Waals surface area (Å²) in [5.41, 5.74) is 1.20. The minimum atomic E-state index is -0.134. The predicted molar refractivity (Wildman–Crippen MR) is 103 cm³/mol. The Kier molecular flexibility index (Phi) is 5.29. The number of fused-ring (bicyclic) bond motifs is 1. The molecule has 2 aromatic heterocycles. The van der Waals surface area contributed by atoms with E-state index >= 15 is 0 Å². The van der Waals surface area contributed by atoms with Crippen molar-refractivity contribution in [1.29, 1.82) is 0 Å². The van der Waals surface area contributed by atoms with Crippen LogP contribution in [0.4, 0.5) is 4.79 Å². The molecule has 4 rings (SSSR count). The molecule has 4 heterocycles. The lowest BCUT2D eigenvalue weighted by atomic mass is 10.2. The number of carbonyl (C=O) groups excluding carboxylic acids is 1. The lowest BCUT2D eigenvalue weighted by Gasteiger charge is -2.38. The van der Waals surface area contributed by atoms with Gasteiger partial charge in [0.25, 0.3) is 5.56 Å². The Bertz CT molecular complexity index is 887. The molecular weight excluding hydrogens is 368 g/mol. The van der Waals surface area contributed by atoms with Crippen LogP contribution in [0.15, 0.2) is 29.2 Å². The van der Waals surface area contributed by atoms with E-state index in [1.54, 1.807) is 24.4 Å². The first kappa shape index (κ1) is 18.2. The van der Waals surface area contributed by atoms with E-state index in [4.69, 9.17) is 11.6 Å². The van der Waals surface area contributed by atoms with Gasteiger partial charge in [0.15, 0.2) is 0 Å². The molecular formula is C18H23ClN6O2. The third-order valence-corrected chi connectivity index (χ3v) is 5.32. The van der Waals surface area contributed by atoms with Crippen LogP contribution < -0.4 is 10.9 Å². The van der Waals surface area contributed by atoms with E-state index in [0.29, 0.717) is 30.3 Å². The molecule has 2 saturated heterocycles. The highest BCUT2D eigenvalue weighted by Gasteiger charge is 2.26. The summed E-state index contributed by atoms with van der Waals surface area (Å²) >= 11 is 5.95. The molecule has 0 radical (unpaired) electrons. The van der Waals surface area contributed by atoms with Crippen molar-refractivity contribution >= 4 is 23.3 Å². The number of hydrogen-bond acceptors (Lipinski definition) is 5. The SMILES string of the molecule is O=C(N1CCNCC1)N1CCN(Cc2cc(=O)n3cc(Cl)ccc3n2)CC1. The molecule has 144 valence electrons. The number of piperazine rings is 2. The average molecular weight is 391 g/mol. The van der Waals surface area contributed by atoms with Gasteiger partial charge in [-0.1, -0.05) is 11.6 Å². The maximum absolute atomic E-state index is 12.6. The standard InChI is InChI=1S/C18H23ClN6O2/c19-14-1-2-16-21-15(11-17(26)25(16)12-14)13-22-7-9-24(10-8-22)18(27)23-5-3-20-4-6-23/h1-2,11-12,20H,3-10,13H2. The van der Waals surface area contributed by atoms with Gasteiger partial charge in [0.2, 0.25) is 0 Å². The second-order valence-electron chi connectivity index (χ2n) is 6.94. The summed E-state index contributed by atoms with van der Waals surface area (Å²) in [6.07, 6.45) is 1.58. The summed E-state index contributed by atoms with van der Waals surface area (Å²) < 4.78 is 1.45. The Morgan fingerprint density at radius 2 is 1.78 bits per heavy atom. The summed E-state index contributed by atoms with van der Waals surface area (Å²) in [5.74, 6) is 0. The minimum Gasteiger partial charge on any atom is -0.322 e. The number of carbonyl (C=O) groups is 1. The highest BCUT2D eigenvalue weighted by Crippen LogP contribution is 2.11. The molecule has 2 amide bonds. The van der Waals surface area contributed by atoms with Crippen molar-refractivity contribution in [3.63, 3.8) is 0 Å². The number of nitrogens with one attached hydrogen (secondary N) is 1. The van der Waals surface area contributed by atoms with Gasteiger partial charge >= 0.3 is 6.03 Å². The van der Waals surface area contributed by atoms with Gasteiger partial charge in [0, 0.05) is 71.2 Å². The maximum atomic E-state index is 12.6. The first-order valence-corrected chi connectivity index (χ1v) is 9.63. The van der Waals surface area contributed by atoms with Crippen molar-refractivity contribution in [3.8, 4) is 0 Å². The zero-order chi connectivity index (χ0) is 18.8. The van der Waals surface area contributed by atoms with Gasteiger partial charge in [-0.3, -0.25) is 14.1 Å². The molecule has 27 heavy (non-hydrogen) atoms. The number of urea groups is 1. The Labute approximate surface area is 162 Å². The number of amides is 2. The molecule has 0 aliphatic carbocycles. The zero-order valence-corrected chi connectivity index (χ0v) is 15.9. The fraction of sp³-hybridized carbons (Fsp3) is 0.500. The van der Waals surface area contributed by atoms with Crippen LogP contribution in [0.25, 0.3) is 5.65 Å². The third-order valence-electron chi connectivity index (χ3n) is 5.09. The number of aromatic nitrogens is 2. The van der Waals surface area contributed by atoms with Gasteiger partial charge in [-0.25, -0.2) is 9.78 Å². The summed E-state index contributed by atoms with van der Waals surface area (Å²) in [6, 6.07) is 5.17. The van der Waals surface area contributed by atoms with Gasteiger partial charge in [0.05, 0.1) is 10.7 Å². The molecule has 0 unspecified atom stereocenters. The van der Waals surface area contributed by atoms with Crippen molar-refractivity contribution in [2.24, 2.45) is 0 Å². The van der Waals surface area contributed by atoms with E-state index in [0.717, 1.165) is 45.0 Å². The largest absolute Gasteiger partial charge is 0.322 e. The summed E-state index contributed by atoms with van der Waals surface area (Å²) in [7, 11) is 0. The molecule has 2 fully saturated rings.